The molecule has 0 saturated heterocycles. The molecule has 1 aliphatic carbocycles. The second-order valence-corrected chi connectivity index (χ2v) is 6.37. The molecular formula is C16H24ClNO. The van der Waals surface area contributed by atoms with Crippen LogP contribution >= 0.6 is 11.6 Å². The first kappa shape index (κ1) is 14.8. The molecule has 0 heterocycles. The SMILES string of the molecule is CCOC(C)(C)CNC1CC(c2ccccc2Cl)C1. The second kappa shape index (κ2) is 6.25. The van der Waals surface area contributed by atoms with Crippen molar-refractivity contribution in [2.24, 2.45) is 0 Å². The van der Waals surface area contributed by atoms with Crippen molar-refractivity contribution in [2.75, 3.05) is 13.2 Å². The quantitative estimate of drug-likeness (QED) is 0.851. The monoisotopic (exact) mass is 281 g/mol. The van der Waals surface area contributed by atoms with E-state index in [0.717, 1.165) is 18.2 Å². The molecular weight excluding hydrogens is 258 g/mol. The maximum absolute atomic E-state index is 6.23. The van der Waals surface area contributed by atoms with Gasteiger partial charge < -0.3 is 10.1 Å². The van der Waals surface area contributed by atoms with Crippen LogP contribution in [0.5, 0.6) is 0 Å². The topological polar surface area (TPSA) is 21.3 Å². The molecule has 1 fully saturated rings. The second-order valence-electron chi connectivity index (χ2n) is 5.96. The number of ether oxygens (including phenoxy) is 1. The van der Waals surface area contributed by atoms with E-state index in [2.05, 4.69) is 31.3 Å². The summed E-state index contributed by atoms with van der Waals surface area (Å²) in [7, 11) is 0. The summed E-state index contributed by atoms with van der Waals surface area (Å²) >= 11 is 6.23. The fourth-order valence-electron chi connectivity index (χ4n) is 2.68. The molecule has 1 aromatic carbocycles. The Bertz CT molecular complexity index is 413. The predicted octanol–water partition coefficient (Wildman–Crippen LogP) is 3.99. The highest BCUT2D eigenvalue weighted by atomic mass is 35.5. The summed E-state index contributed by atoms with van der Waals surface area (Å²) in [6.45, 7) is 7.97. The van der Waals surface area contributed by atoms with E-state index < -0.39 is 0 Å². The third-order valence-corrected chi connectivity index (χ3v) is 4.18. The molecule has 0 unspecified atom stereocenters. The van der Waals surface area contributed by atoms with Gasteiger partial charge in [0.1, 0.15) is 0 Å². The van der Waals surface area contributed by atoms with E-state index in [0.29, 0.717) is 12.0 Å². The van der Waals surface area contributed by atoms with Gasteiger partial charge in [-0.15, -0.1) is 0 Å². The Balaban J connectivity index is 1.77. The molecule has 106 valence electrons. The van der Waals surface area contributed by atoms with Crippen LogP contribution in [0.2, 0.25) is 5.02 Å². The van der Waals surface area contributed by atoms with Gasteiger partial charge in [-0.05, 0) is 51.2 Å². The van der Waals surface area contributed by atoms with E-state index in [-0.39, 0.29) is 5.60 Å². The normalized spacial score (nSPS) is 23.2. The molecule has 0 spiro atoms. The van der Waals surface area contributed by atoms with Gasteiger partial charge in [0, 0.05) is 24.2 Å². The number of nitrogens with one attached hydrogen (secondary N) is 1. The standard InChI is InChI=1S/C16H24ClNO/c1-4-19-16(2,3)11-18-13-9-12(10-13)14-7-5-6-8-15(14)17/h5-8,12-13,18H,4,9-11H2,1-3H3. The number of hydrogen-bond donors (Lipinski definition) is 1. The number of benzene rings is 1. The summed E-state index contributed by atoms with van der Waals surface area (Å²) in [4.78, 5) is 0. The molecule has 0 amide bonds. The Morgan fingerprint density at radius 2 is 2.00 bits per heavy atom. The van der Waals surface area contributed by atoms with Gasteiger partial charge in [0.25, 0.3) is 0 Å². The highest BCUT2D eigenvalue weighted by Gasteiger charge is 2.32. The van der Waals surface area contributed by atoms with Gasteiger partial charge in [0.05, 0.1) is 5.60 Å². The van der Waals surface area contributed by atoms with Crippen molar-refractivity contribution >= 4 is 11.6 Å². The third kappa shape index (κ3) is 3.95. The maximum atomic E-state index is 6.23. The first-order chi connectivity index (χ1) is 9.02. The summed E-state index contributed by atoms with van der Waals surface area (Å²) in [5.41, 5.74) is 1.22. The Hall–Kier alpha value is -0.570. The van der Waals surface area contributed by atoms with Crippen LogP contribution in [0.3, 0.4) is 0 Å². The Morgan fingerprint density at radius 1 is 1.32 bits per heavy atom. The van der Waals surface area contributed by atoms with Gasteiger partial charge >= 0.3 is 0 Å². The lowest BCUT2D eigenvalue weighted by Crippen LogP contribution is -2.47. The fourth-order valence-corrected chi connectivity index (χ4v) is 2.97. The van der Waals surface area contributed by atoms with Crippen LogP contribution in [-0.4, -0.2) is 24.8 Å². The summed E-state index contributed by atoms with van der Waals surface area (Å²) in [6.07, 6.45) is 2.35. The zero-order valence-corrected chi connectivity index (χ0v) is 12.8. The minimum atomic E-state index is -0.0791. The van der Waals surface area contributed by atoms with Crippen LogP contribution in [0.15, 0.2) is 24.3 Å². The maximum Gasteiger partial charge on any atom is 0.0750 e. The molecule has 0 radical (unpaired) electrons. The van der Waals surface area contributed by atoms with Crippen molar-refractivity contribution in [2.45, 2.75) is 51.2 Å². The van der Waals surface area contributed by atoms with Crippen LogP contribution in [0.25, 0.3) is 0 Å². The molecule has 0 aromatic heterocycles. The van der Waals surface area contributed by atoms with Crippen molar-refractivity contribution < 1.29 is 4.74 Å². The molecule has 3 heteroatoms. The van der Waals surface area contributed by atoms with Crippen molar-refractivity contribution in [1.29, 1.82) is 0 Å². The lowest BCUT2D eigenvalue weighted by molar-refractivity contribution is -0.0128. The molecule has 2 nitrogen and oxygen atoms in total. The van der Waals surface area contributed by atoms with E-state index in [1.807, 2.05) is 19.1 Å². The van der Waals surface area contributed by atoms with Crippen LogP contribution < -0.4 is 5.32 Å². The highest BCUT2D eigenvalue weighted by molar-refractivity contribution is 6.31. The highest BCUT2D eigenvalue weighted by Crippen LogP contribution is 2.39. The van der Waals surface area contributed by atoms with E-state index in [1.165, 1.54) is 18.4 Å². The first-order valence-corrected chi connectivity index (χ1v) is 7.51. The molecule has 1 N–H and O–H groups in total. The summed E-state index contributed by atoms with van der Waals surface area (Å²) in [5, 5.41) is 4.50. The lowest BCUT2D eigenvalue weighted by Gasteiger charge is -2.38. The smallest absolute Gasteiger partial charge is 0.0750 e. The van der Waals surface area contributed by atoms with Crippen LogP contribution in [0.1, 0.15) is 45.1 Å². The molecule has 1 saturated carbocycles. The van der Waals surface area contributed by atoms with Gasteiger partial charge in [-0.25, -0.2) is 0 Å². The zero-order chi connectivity index (χ0) is 13.9. The van der Waals surface area contributed by atoms with Crippen LogP contribution in [-0.2, 0) is 4.74 Å². The predicted molar refractivity (Wildman–Crippen MR) is 80.9 cm³/mol. The van der Waals surface area contributed by atoms with Crippen molar-refractivity contribution in [3.05, 3.63) is 34.9 Å². The molecule has 0 aliphatic heterocycles. The Kier molecular flexibility index (Phi) is 4.88. The van der Waals surface area contributed by atoms with Gasteiger partial charge in [-0.2, -0.15) is 0 Å². The largest absolute Gasteiger partial charge is 0.375 e. The first-order valence-electron chi connectivity index (χ1n) is 7.13. The van der Waals surface area contributed by atoms with Crippen LogP contribution in [0.4, 0.5) is 0 Å². The van der Waals surface area contributed by atoms with Gasteiger partial charge in [-0.3, -0.25) is 0 Å². The van der Waals surface area contributed by atoms with Gasteiger partial charge in [-0.1, -0.05) is 29.8 Å². The van der Waals surface area contributed by atoms with Gasteiger partial charge in [0.15, 0.2) is 0 Å². The fraction of sp³-hybridized carbons (Fsp3) is 0.625. The number of hydrogen-bond acceptors (Lipinski definition) is 2. The summed E-state index contributed by atoms with van der Waals surface area (Å²) in [5.74, 6) is 0.612. The molecule has 1 aliphatic rings. The van der Waals surface area contributed by atoms with Crippen LogP contribution in [0, 0.1) is 0 Å². The third-order valence-electron chi connectivity index (χ3n) is 3.83. The minimum Gasteiger partial charge on any atom is -0.375 e. The van der Waals surface area contributed by atoms with E-state index in [1.54, 1.807) is 0 Å². The van der Waals surface area contributed by atoms with E-state index in [4.69, 9.17) is 16.3 Å². The number of halogens is 1. The zero-order valence-electron chi connectivity index (χ0n) is 12.1. The lowest BCUT2D eigenvalue weighted by atomic mass is 9.75. The van der Waals surface area contributed by atoms with Gasteiger partial charge in [0.2, 0.25) is 0 Å². The molecule has 2 rings (SSSR count). The molecule has 0 atom stereocenters. The average molecular weight is 282 g/mol. The van der Waals surface area contributed by atoms with Crippen molar-refractivity contribution in [3.8, 4) is 0 Å². The van der Waals surface area contributed by atoms with Crippen molar-refractivity contribution in [3.63, 3.8) is 0 Å². The number of rotatable bonds is 6. The van der Waals surface area contributed by atoms with E-state index in [9.17, 15) is 0 Å². The molecule has 19 heavy (non-hydrogen) atoms. The average Bonchev–Trinajstić information content (AvgIpc) is 2.29. The van der Waals surface area contributed by atoms with Crippen molar-refractivity contribution in [1.82, 2.24) is 5.32 Å². The van der Waals surface area contributed by atoms with E-state index >= 15 is 0 Å². The summed E-state index contributed by atoms with van der Waals surface area (Å²) < 4.78 is 5.70. The Morgan fingerprint density at radius 3 is 2.63 bits per heavy atom. The Labute approximate surface area is 121 Å². The minimum absolute atomic E-state index is 0.0791. The summed E-state index contributed by atoms with van der Waals surface area (Å²) in [6, 6.07) is 8.79. The molecule has 1 aromatic rings. The molecule has 0 bridgehead atoms.